The molecule has 34 heavy (non-hydrogen) atoms. The number of pyridine rings is 2. The number of nitrogens with one attached hydrogen (secondary N) is 1. The zero-order chi connectivity index (χ0) is 23.2. The molecule has 1 N–H and O–H groups in total. The van der Waals surface area contributed by atoms with Gasteiger partial charge >= 0.3 is 0 Å². The SMILES string of the molecule is O=C(Nc1ccc(F)cn1)C1CSc2c(C3CC3)c(Cc3cccc4ccccc34)cc(=O)n21. The molecule has 1 aliphatic heterocycles. The monoisotopic (exact) mass is 471 g/mol. The molecular formula is C27H22FN3O2S. The van der Waals surface area contributed by atoms with Crippen molar-refractivity contribution in [2.45, 2.75) is 36.2 Å². The van der Waals surface area contributed by atoms with Crippen molar-refractivity contribution in [2.24, 2.45) is 0 Å². The summed E-state index contributed by atoms with van der Waals surface area (Å²) in [6.45, 7) is 0. The van der Waals surface area contributed by atoms with E-state index in [2.05, 4.69) is 40.6 Å². The Morgan fingerprint density at radius 3 is 2.71 bits per heavy atom. The van der Waals surface area contributed by atoms with Crippen molar-refractivity contribution in [1.29, 1.82) is 0 Å². The molecule has 7 heteroatoms. The Kier molecular flexibility index (Phi) is 5.21. The van der Waals surface area contributed by atoms with Crippen LogP contribution in [0, 0.1) is 5.82 Å². The van der Waals surface area contributed by atoms with Crippen LogP contribution >= 0.6 is 11.8 Å². The molecule has 0 spiro atoms. The molecule has 0 bridgehead atoms. The van der Waals surface area contributed by atoms with E-state index in [-0.39, 0.29) is 17.3 Å². The minimum atomic E-state index is -0.622. The van der Waals surface area contributed by atoms with Gasteiger partial charge in [0.1, 0.15) is 17.7 Å². The second-order valence-electron chi connectivity index (χ2n) is 8.86. The molecule has 2 aliphatic rings. The van der Waals surface area contributed by atoms with Gasteiger partial charge in [-0.05, 0) is 64.8 Å². The molecule has 2 aromatic heterocycles. The Bertz CT molecular complexity index is 1470. The fraction of sp³-hybridized carbons (Fsp3) is 0.222. The van der Waals surface area contributed by atoms with E-state index in [1.54, 1.807) is 22.4 Å². The number of hydrogen-bond acceptors (Lipinski definition) is 4. The third kappa shape index (κ3) is 3.80. The van der Waals surface area contributed by atoms with Crippen LogP contribution in [-0.4, -0.2) is 21.2 Å². The van der Waals surface area contributed by atoms with Crippen molar-refractivity contribution in [3.8, 4) is 0 Å². The van der Waals surface area contributed by atoms with Gasteiger partial charge in [-0.2, -0.15) is 0 Å². The lowest BCUT2D eigenvalue weighted by Gasteiger charge is -2.18. The molecule has 2 aromatic carbocycles. The second-order valence-corrected chi connectivity index (χ2v) is 9.87. The molecule has 0 saturated heterocycles. The number of carbonyl (C=O) groups excluding carboxylic acids is 1. The van der Waals surface area contributed by atoms with E-state index in [0.29, 0.717) is 18.1 Å². The van der Waals surface area contributed by atoms with Gasteiger partial charge in [0.2, 0.25) is 5.91 Å². The van der Waals surface area contributed by atoms with E-state index < -0.39 is 11.9 Å². The molecule has 1 saturated carbocycles. The van der Waals surface area contributed by atoms with Gasteiger partial charge < -0.3 is 5.32 Å². The van der Waals surface area contributed by atoms with Crippen molar-refractivity contribution in [1.82, 2.24) is 9.55 Å². The fourth-order valence-electron chi connectivity index (χ4n) is 4.80. The van der Waals surface area contributed by atoms with Crippen LogP contribution in [0.25, 0.3) is 10.8 Å². The van der Waals surface area contributed by atoms with Crippen LogP contribution in [0.15, 0.2) is 76.7 Å². The number of fused-ring (bicyclic) bond motifs is 2. The number of halogens is 1. The Morgan fingerprint density at radius 2 is 1.91 bits per heavy atom. The van der Waals surface area contributed by atoms with E-state index in [1.165, 1.54) is 34.0 Å². The van der Waals surface area contributed by atoms with Gasteiger partial charge in [0.25, 0.3) is 5.56 Å². The number of aromatic nitrogens is 2. The Labute approximate surface area is 200 Å². The summed E-state index contributed by atoms with van der Waals surface area (Å²) in [5, 5.41) is 6.03. The van der Waals surface area contributed by atoms with E-state index in [0.717, 1.165) is 29.6 Å². The van der Waals surface area contributed by atoms with Gasteiger partial charge in [-0.15, -0.1) is 11.8 Å². The van der Waals surface area contributed by atoms with Gasteiger partial charge in [0.05, 0.1) is 11.2 Å². The topological polar surface area (TPSA) is 64.0 Å². The number of anilines is 1. The minimum Gasteiger partial charge on any atom is -0.309 e. The third-order valence-electron chi connectivity index (χ3n) is 6.55. The smallest absolute Gasteiger partial charge is 0.252 e. The summed E-state index contributed by atoms with van der Waals surface area (Å²) in [4.78, 5) is 30.2. The minimum absolute atomic E-state index is 0.160. The molecule has 6 rings (SSSR count). The number of nitrogens with zero attached hydrogens (tertiary/aromatic N) is 2. The summed E-state index contributed by atoms with van der Waals surface area (Å²) in [5.74, 6) is 0.410. The Hall–Kier alpha value is -3.45. The molecule has 4 aromatic rings. The molecule has 1 aliphatic carbocycles. The highest BCUT2D eigenvalue weighted by molar-refractivity contribution is 7.99. The van der Waals surface area contributed by atoms with E-state index in [4.69, 9.17) is 0 Å². The molecule has 1 unspecified atom stereocenters. The first-order chi connectivity index (χ1) is 16.6. The van der Waals surface area contributed by atoms with Crippen molar-refractivity contribution < 1.29 is 9.18 Å². The maximum Gasteiger partial charge on any atom is 0.252 e. The first kappa shape index (κ1) is 21.1. The zero-order valence-corrected chi connectivity index (χ0v) is 19.1. The summed E-state index contributed by atoms with van der Waals surface area (Å²) >= 11 is 1.58. The summed E-state index contributed by atoms with van der Waals surface area (Å²) in [6, 6.07) is 18.4. The molecule has 1 fully saturated rings. The molecule has 0 radical (unpaired) electrons. The highest BCUT2D eigenvalue weighted by Crippen LogP contribution is 2.48. The van der Waals surface area contributed by atoms with Gasteiger partial charge in [0.15, 0.2) is 0 Å². The summed E-state index contributed by atoms with van der Waals surface area (Å²) in [6.07, 6.45) is 3.95. The molecule has 1 amide bonds. The second kappa shape index (κ2) is 8.40. The number of amides is 1. The largest absolute Gasteiger partial charge is 0.309 e. The first-order valence-electron chi connectivity index (χ1n) is 11.4. The van der Waals surface area contributed by atoms with Gasteiger partial charge in [-0.3, -0.25) is 14.2 Å². The molecule has 5 nitrogen and oxygen atoms in total. The number of hydrogen-bond donors (Lipinski definition) is 1. The normalized spacial score (nSPS) is 17.0. The van der Waals surface area contributed by atoms with Crippen LogP contribution in [0.5, 0.6) is 0 Å². The Morgan fingerprint density at radius 1 is 1.09 bits per heavy atom. The number of carbonyl (C=O) groups is 1. The number of benzene rings is 2. The van der Waals surface area contributed by atoms with Crippen LogP contribution in [0.2, 0.25) is 0 Å². The maximum atomic E-state index is 13.3. The Balaban J connectivity index is 1.37. The first-order valence-corrected chi connectivity index (χ1v) is 12.4. The average molecular weight is 472 g/mol. The van der Waals surface area contributed by atoms with Gasteiger partial charge in [0, 0.05) is 11.8 Å². The summed E-state index contributed by atoms with van der Waals surface area (Å²) in [7, 11) is 0. The molecular weight excluding hydrogens is 449 g/mol. The lowest BCUT2D eigenvalue weighted by molar-refractivity contribution is -0.118. The van der Waals surface area contributed by atoms with Crippen molar-refractivity contribution in [3.05, 3.63) is 99.7 Å². The fourth-order valence-corrected chi connectivity index (χ4v) is 6.22. The standard InChI is InChI=1S/C27H22FN3O2S/c28-20-10-11-23(29-14-20)30-26(33)22-15-34-27-25(17-8-9-17)19(13-24(32)31(22)27)12-18-6-3-5-16-4-1-2-7-21(16)18/h1-7,10-11,13-14,17,22H,8-9,12,15H2,(H,29,30,33). The predicted molar refractivity (Wildman–Crippen MR) is 132 cm³/mol. The predicted octanol–water partition coefficient (Wildman–Crippen LogP) is 5.29. The van der Waals surface area contributed by atoms with Crippen molar-refractivity contribution in [2.75, 3.05) is 11.1 Å². The lowest BCUT2D eigenvalue weighted by Crippen LogP contribution is -2.33. The molecule has 1 atom stereocenters. The van der Waals surface area contributed by atoms with E-state index in [1.807, 2.05) is 12.1 Å². The molecule has 170 valence electrons. The summed E-state index contributed by atoms with van der Waals surface area (Å²) in [5.41, 5.74) is 3.31. The van der Waals surface area contributed by atoms with Crippen molar-refractivity contribution >= 4 is 34.3 Å². The lowest BCUT2D eigenvalue weighted by atomic mass is 9.95. The van der Waals surface area contributed by atoms with E-state index >= 15 is 0 Å². The van der Waals surface area contributed by atoms with Gasteiger partial charge in [-0.25, -0.2) is 9.37 Å². The summed E-state index contributed by atoms with van der Waals surface area (Å²) < 4.78 is 14.8. The number of rotatable bonds is 5. The molecule has 3 heterocycles. The van der Waals surface area contributed by atoms with E-state index in [9.17, 15) is 14.0 Å². The highest BCUT2D eigenvalue weighted by atomic mass is 32.2. The van der Waals surface area contributed by atoms with Crippen LogP contribution < -0.4 is 10.9 Å². The average Bonchev–Trinajstić information content (AvgIpc) is 3.57. The van der Waals surface area contributed by atoms with Crippen LogP contribution in [0.3, 0.4) is 0 Å². The van der Waals surface area contributed by atoms with Crippen LogP contribution in [-0.2, 0) is 11.2 Å². The van der Waals surface area contributed by atoms with Crippen LogP contribution in [0.1, 0.15) is 41.5 Å². The highest BCUT2D eigenvalue weighted by Gasteiger charge is 2.37. The van der Waals surface area contributed by atoms with Crippen molar-refractivity contribution in [3.63, 3.8) is 0 Å². The van der Waals surface area contributed by atoms with Crippen LogP contribution in [0.4, 0.5) is 10.2 Å². The third-order valence-corrected chi connectivity index (χ3v) is 7.72. The van der Waals surface area contributed by atoms with Gasteiger partial charge in [-0.1, -0.05) is 42.5 Å². The quantitative estimate of drug-likeness (QED) is 0.430. The zero-order valence-electron chi connectivity index (χ0n) is 18.3. The maximum absolute atomic E-state index is 13.3. The number of thioether (sulfide) groups is 1.